The van der Waals surface area contributed by atoms with Gasteiger partial charge in [-0.05, 0) is 12.8 Å². The second-order valence-electron chi connectivity index (χ2n) is 2.13. The van der Waals surface area contributed by atoms with Gasteiger partial charge in [0.15, 0.2) is 0 Å². The normalized spacial score (nSPS) is 26.3. The van der Waals surface area contributed by atoms with Crippen molar-refractivity contribution in [2.24, 2.45) is 5.92 Å². The van der Waals surface area contributed by atoms with E-state index >= 15 is 0 Å². The van der Waals surface area contributed by atoms with E-state index in [0.717, 1.165) is 18.2 Å². The number of esters is 1. The van der Waals surface area contributed by atoms with Gasteiger partial charge in [-0.3, -0.25) is 4.79 Å². The lowest BCUT2D eigenvalue weighted by molar-refractivity contribution is -0.141. The van der Waals surface area contributed by atoms with Crippen LogP contribution >= 0.6 is 15.9 Å². The van der Waals surface area contributed by atoms with Crippen molar-refractivity contribution >= 4 is 21.9 Å². The van der Waals surface area contributed by atoms with Crippen LogP contribution in [-0.4, -0.2) is 17.9 Å². The van der Waals surface area contributed by atoms with E-state index in [1.54, 1.807) is 0 Å². The van der Waals surface area contributed by atoms with Crippen LogP contribution in [-0.2, 0) is 9.53 Å². The smallest absolute Gasteiger partial charge is 0.309 e. The van der Waals surface area contributed by atoms with Crippen molar-refractivity contribution in [2.45, 2.75) is 12.8 Å². The Hall–Kier alpha value is -0.0500. The van der Waals surface area contributed by atoms with Crippen LogP contribution in [0.3, 0.4) is 0 Å². The van der Waals surface area contributed by atoms with Gasteiger partial charge in [0.2, 0.25) is 0 Å². The SMILES string of the molecule is O=C1OCCC1CCBr. The molecule has 9 heavy (non-hydrogen) atoms. The van der Waals surface area contributed by atoms with E-state index in [2.05, 4.69) is 15.9 Å². The third kappa shape index (κ3) is 1.68. The predicted octanol–water partition coefficient (Wildman–Crippen LogP) is 1.33. The zero-order valence-corrected chi connectivity index (χ0v) is 6.69. The Morgan fingerprint density at radius 2 is 2.56 bits per heavy atom. The lowest BCUT2D eigenvalue weighted by Gasteiger charge is -1.98. The number of carbonyl (C=O) groups excluding carboxylic acids is 1. The number of alkyl halides is 1. The highest BCUT2D eigenvalue weighted by atomic mass is 79.9. The molecule has 1 heterocycles. The molecule has 1 aliphatic rings. The average molecular weight is 193 g/mol. The fourth-order valence-corrected chi connectivity index (χ4v) is 1.48. The summed E-state index contributed by atoms with van der Waals surface area (Å²) in [4.78, 5) is 10.7. The largest absolute Gasteiger partial charge is 0.465 e. The average Bonchev–Trinajstić information content (AvgIpc) is 2.18. The van der Waals surface area contributed by atoms with Gasteiger partial charge < -0.3 is 4.74 Å². The van der Waals surface area contributed by atoms with E-state index < -0.39 is 0 Å². The third-order valence-corrected chi connectivity index (χ3v) is 1.96. The number of carbonyl (C=O) groups is 1. The monoisotopic (exact) mass is 192 g/mol. The van der Waals surface area contributed by atoms with Crippen molar-refractivity contribution in [1.29, 1.82) is 0 Å². The molecule has 0 saturated carbocycles. The van der Waals surface area contributed by atoms with Crippen LogP contribution < -0.4 is 0 Å². The van der Waals surface area contributed by atoms with Gasteiger partial charge in [-0.2, -0.15) is 0 Å². The predicted molar refractivity (Wildman–Crippen MR) is 37.5 cm³/mol. The molecule has 1 fully saturated rings. The molecular weight excluding hydrogens is 184 g/mol. The van der Waals surface area contributed by atoms with Gasteiger partial charge in [0.1, 0.15) is 0 Å². The Morgan fingerprint density at radius 1 is 1.78 bits per heavy atom. The molecule has 0 aliphatic carbocycles. The minimum atomic E-state index is -0.0190. The highest BCUT2D eigenvalue weighted by Gasteiger charge is 2.24. The van der Waals surface area contributed by atoms with E-state index in [4.69, 9.17) is 4.74 Å². The van der Waals surface area contributed by atoms with Gasteiger partial charge in [-0.25, -0.2) is 0 Å². The summed E-state index contributed by atoms with van der Waals surface area (Å²) in [6, 6.07) is 0. The molecule has 1 saturated heterocycles. The molecule has 1 aliphatic heterocycles. The van der Waals surface area contributed by atoms with Gasteiger partial charge in [-0.1, -0.05) is 15.9 Å². The molecule has 1 atom stereocenters. The molecular formula is C6H9BrO2. The highest BCUT2D eigenvalue weighted by Crippen LogP contribution is 2.18. The van der Waals surface area contributed by atoms with Crippen molar-refractivity contribution in [3.05, 3.63) is 0 Å². The molecule has 0 aromatic heterocycles. The maximum atomic E-state index is 10.7. The molecule has 3 heteroatoms. The molecule has 1 rings (SSSR count). The summed E-state index contributed by atoms with van der Waals surface area (Å²) in [5.74, 6) is 0.152. The molecule has 0 radical (unpaired) electrons. The van der Waals surface area contributed by atoms with Gasteiger partial charge in [0.25, 0.3) is 0 Å². The second kappa shape index (κ2) is 3.20. The number of hydrogen-bond donors (Lipinski definition) is 0. The minimum Gasteiger partial charge on any atom is -0.465 e. The Labute approximate surface area is 62.7 Å². The molecule has 0 amide bonds. The maximum absolute atomic E-state index is 10.7. The summed E-state index contributed by atoms with van der Waals surface area (Å²) in [6.07, 6.45) is 1.82. The zero-order chi connectivity index (χ0) is 6.69. The summed E-state index contributed by atoms with van der Waals surface area (Å²) < 4.78 is 4.76. The zero-order valence-electron chi connectivity index (χ0n) is 5.10. The summed E-state index contributed by atoms with van der Waals surface area (Å²) in [5.41, 5.74) is 0. The first-order valence-corrected chi connectivity index (χ1v) is 4.19. The van der Waals surface area contributed by atoms with E-state index in [1.165, 1.54) is 0 Å². The van der Waals surface area contributed by atoms with Gasteiger partial charge in [-0.15, -0.1) is 0 Å². The van der Waals surface area contributed by atoms with Crippen molar-refractivity contribution in [2.75, 3.05) is 11.9 Å². The number of ether oxygens (including phenoxy) is 1. The first kappa shape index (κ1) is 7.06. The molecule has 0 bridgehead atoms. The lowest BCUT2D eigenvalue weighted by Crippen LogP contribution is -2.07. The van der Waals surface area contributed by atoms with E-state index in [9.17, 15) is 4.79 Å². The molecule has 0 spiro atoms. The summed E-state index contributed by atoms with van der Waals surface area (Å²) in [6.45, 7) is 0.622. The van der Waals surface area contributed by atoms with Crippen LogP contribution in [0.15, 0.2) is 0 Å². The second-order valence-corrected chi connectivity index (χ2v) is 2.92. The highest BCUT2D eigenvalue weighted by molar-refractivity contribution is 9.09. The molecule has 52 valence electrons. The Morgan fingerprint density at radius 3 is 3.00 bits per heavy atom. The molecule has 0 N–H and O–H groups in total. The Balaban J connectivity index is 2.31. The van der Waals surface area contributed by atoms with Crippen molar-refractivity contribution in [3.63, 3.8) is 0 Å². The fourth-order valence-electron chi connectivity index (χ4n) is 0.931. The number of halogens is 1. The van der Waals surface area contributed by atoms with Gasteiger partial charge in [0.05, 0.1) is 12.5 Å². The standard InChI is InChI=1S/C6H9BrO2/c7-3-1-5-2-4-9-6(5)8/h5H,1-4H2. The van der Waals surface area contributed by atoms with Crippen LogP contribution in [0.25, 0.3) is 0 Å². The van der Waals surface area contributed by atoms with Gasteiger partial charge in [0, 0.05) is 5.33 Å². The Kier molecular flexibility index (Phi) is 2.51. The fraction of sp³-hybridized carbons (Fsp3) is 0.833. The third-order valence-electron chi connectivity index (χ3n) is 1.50. The van der Waals surface area contributed by atoms with Crippen LogP contribution in [0.1, 0.15) is 12.8 Å². The van der Waals surface area contributed by atoms with E-state index in [0.29, 0.717) is 6.61 Å². The quantitative estimate of drug-likeness (QED) is 0.488. The number of rotatable bonds is 2. The van der Waals surface area contributed by atoms with Crippen LogP contribution in [0, 0.1) is 5.92 Å². The molecule has 0 aromatic rings. The summed E-state index contributed by atoms with van der Waals surface area (Å²) in [7, 11) is 0. The summed E-state index contributed by atoms with van der Waals surface area (Å²) >= 11 is 3.28. The molecule has 1 unspecified atom stereocenters. The van der Waals surface area contributed by atoms with Crippen LogP contribution in [0.5, 0.6) is 0 Å². The first-order chi connectivity index (χ1) is 4.34. The topological polar surface area (TPSA) is 26.3 Å². The van der Waals surface area contributed by atoms with Crippen LogP contribution in [0.4, 0.5) is 0 Å². The number of hydrogen-bond acceptors (Lipinski definition) is 2. The lowest BCUT2D eigenvalue weighted by atomic mass is 10.1. The van der Waals surface area contributed by atoms with E-state index in [1.807, 2.05) is 0 Å². The van der Waals surface area contributed by atoms with Crippen molar-refractivity contribution in [1.82, 2.24) is 0 Å². The minimum absolute atomic E-state index is 0.0190. The molecule has 2 nitrogen and oxygen atoms in total. The summed E-state index contributed by atoms with van der Waals surface area (Å²) in [5, 5.41) is 0.896. The Bertz CT molecular complexity index is 114. The van der Waals surface area contributed by atoms with Crippen molar-refractivity contribution in [3.8, 4) is 0 Å². The van der Waals surface area contributed by atoms with E-state index in [-0.39, 0.29) is 11.9 Å². The first-order valence-electron chi connectivity index (χ1n) is 3.07. The van der Waals surface area contributed by atoms with Gasteiger partial charge >= 0.3 is 5.97 Å². The van der Waals surface area contributed by atoms with Crippen molar-refractivity contribution < 1.29 is 9.53 Å². The molecule has 0 aromatic carbocycles. The maximum Gasteiger partial charge on any atom is 0.309 e. The number of cyclic esters (lactones) is 1. The van der Waals surface area contributed by atoms with Crippen LogP contribution in [0.2, 0.25) is 0 Å².